The summed E-state index contributed by atoms with van der Waals surface area (Å²) in [6, 6.07) is 13.7. The van der Waals surface area contributed by atoms with Crippen molar-refractivity contribution in [2.24, 2.45) is 0 Å². The molecule has 0 radical (unpaired) electrons. The van der Waals surface area contributed by atoms with E-state index in [0.29, 0.717) is 6.79 Å². The van der Waals surface area contributed by atoms with Crippen molar-refractivity contribution >= 4 is 21.8 Å². The number of carbonyl (C=O) groups is 1. The third-order valence-corrected chi connectivity index (χ3v) is 5.07. The molecule has 1 amide bonds. The monoisotopic (exact) mass is 402 g/mol. The standard InChI is InChI=1S/C19H19BrN2O3/c20-16-3-1-2-15(11-16)19(23)22-8-6-21(7-9-22)12-14-4-5-17-18(10-14)25-13-24-17/h1-5,10-11H,6-9,12-13H2. The highest BCUT2D eigenvalue weighted by Crippen LogP contribution is 2.32. The van der Waals surface area contributed by atoms with Gasteiger partial charge in [-0.05, 0) is 35.9 Å². The zero-order valence-electron chi connectivity index (χ0n) is 13.8. The molecular weight excluding hydrogens is 384 g/mol. The van der Waals surface area contributed by atoms with Gasteiger partial charge in [-0.1, -0.05) is 28.1 Å². The van der Waals surface area contributed by atoms with Gasteiger partial charge in [0.15, 0.2) is 11.5 Å². The molecule has 2 aromatic carbocycles. The third kappa shape index (κ3) is 3.65. The van der Waals surface area contributed by atoms with Gasteiger partial charge in [-0.3, -0.25) is 9.69 Å². The number of ether oxygens (including phenoxy) is 2. The van der Waals surface area contributed by atoms with Gasteiger partial charge in [0.2, 0.25) is 6.79 Å². The van der Waals surface area contributed by atoms with Crippen LogP contribution in [0.3, 0.4) is 0 Å². The second-order valence-corrected chi connectivity index (χ2v) is 7.18. The molecule has 0 spiro atoms. The van der Waals surface area contributed by atoms with Crippen molar-refractivity contribution in [3.05, 3.63) is 58.1 Å². The van der Waals surface area contributed by atoms with E-state index in [1.54, 1.807) is 0 Å². The number of rotatable bonds is 3. The van der Waals surface area contributed by atoms with Crippen LogP contribution in [0.2, 0.25) is 0 Å². The lowest BCUT2D eigenvalue weighted by Crippen LogP contribution is -2.48. The van der Waals surface area contributed by atoms with Gasteiger partial charge in [0.1, 0.15) is 0 Å². The van der Waals surface area contributed by atoms with Crippen LogP contribution < -0.4 is 9.47 Å². The largest absolute Gasteiger partial charge is 0.454 e. The van der Waals surface area contributed by atoms with Crippen LogP contribution in [-0.2, 0) is 6.54 Å². The number of hydrogen-bond donors (Lipinski definition) is 0. The number of nitrogens with zero attached hydrogens (tertiary/aromatic N) is 2. The lowest BCUT2D eigenvalue weighted by Gasteiger charge is -2.34. The quantitative estimate of drug-likeness (QED) is 0.790. The van der Waals surface area contributed by atoms with E-state index in [-0.39, 0.29) is 5.91 Å². The topological polar surface area (TPSA) is 42.0 Å². The fourth-order valence-electron chi connectivity index (χ4n) is 3.21. The maximum atomic E-state index is 12.6. The first-order chi connectivity index (χ1) is 12.2. The van der Waals surface area contributed by atoms with Crippen LogP contribution in [-0.4, -0.2) is 48.7 Å². The number of fused-ring (bicyclic) bond motifs is 1. The molecule has 1 saturated heterocycles. The molecule has 6 heteroatoms. The van der Waals surface area contributed by atoms with Crippen LogP contribution in [0.4, 0.5) is 0 Å². The maximum Gasteiger partial charge on any atom is 0.253 e. The average molecular weight is 403 g/mol. The lowest BCUT2D eigenvalue weighted by atomic mass is 10.1. The predicted octanol–water partition coefficient (Wildman–Crippen LogP) is 3.14. The number of amides is 1. The van der Waals surface area contributed by atoms with Crippen LogP contribution in [0.25, 0.3) is 0 Å². The van der Waals surface area contributed by atoms with Crippen molar-refractivity contribution in [3.8, 4) is 11.5 Å². The van der Waals surface area contributed by atoms with Crippen LogP contribution in [0, 0.1) is 0 Å². The summed E-state index contributed by atoms with van der Waals surface area (Å²) in [5.41, 5.74) is 1.94. The molecule has 2 aliphatic rings. The normalized spacial score (nSPS) is 16.9. The molecule has 5 nitrogen and oxygen atoms in total. The van der Waals surface area contributed by atoms with Gasteiger partial charge >= 0.3 is 0 Å². The summed E-state index contributed by atoms with van der Waals surface area (Å²) in [4.78, 5) is 16.9. The number of carbonyl (C=O) groups excluding carboxylic acids is 1. The molecule has 0 N–H and O–H groups in total. The molecule has 0 unspecified atom stereocenters. The molecule has 2 aliphatic heterocycles. The Labute approximate surface area is 155 Å². The molecule has 4 rings (SSSR count). The summed E-state index contributed by atoms with van der Waals surface area (Å²) in [6.45, 7) is 4.39. The Morgan fingerprint density at radius 1 is 1.00 bits per heavy atom. The number of piperazine rings is 1. The summed E-state index contributed by atoms with van der Waals surface area (Å²) in [7, 11) is 0. The Bertz CT molecular complexity index is 788. The van der Waals surface area contributed by atoms with E-state index in [1.165, 1.54) is 5.56 Å². The van der Waals surface area contributed by atoms with Crippen LogP contribution >= 0.6 is 15.9 Å². The summed E-state index contributed by atoms with van der Waals surface area (Å²) in [6.07, 6.45) is 0. The summed E-state index contributed by atoms with van der Waals surface area (Å²) < 4.78 is 11.7. The van der Waals surface area contributed by atoms with Gasteiger partial charge in [-0.2, -0.15) is 0 Å². The number of benzene rings is 2. The van der Waals surface area contributed by atoms with Crippen molar-refractivity contribution < 1.29 is 14.3 Å². The molecule has 130 valence electrons. The molecular formula is C19H19BrN2O3. The first kappa shape index (κ1) is 16.4. The number of hydrogen-bond acceptors (Lipinski definition) is 4. The Kier molecular flexibility index (Phi) is 4.63. The molecule has 1 fully saturated rings. The van der Waals surface area contributed by atoms with Crippen molar-refractivity contribution in [2.75, 3.05) is 33.0 Å². The van der Waals surface area contributed by atoms with Crippen LogP contribution in [0.15, 0.2) is 46.9 Å². The van der Waals surface area contributed by atoms with Crippen LogP contribution in [0.1, 0.15) is 15.9 Å². The third-order valence-electron chi connectivity index (χ3n) is 4.57. The van der Waals surface area contributed by atoms with Crippen molar-refractivity contribution in [3.63, 3.8) is 0 Å². The van der Waals surface area contributed by atoms with Crippen molar-refractivity contribution in [1.29, 1.82) is 0 Å². The fraction of sp³-hybridized carbons (Fsp3) is 0.316. The Morgan fingerprint density at radius 3 is 2.60 bits per heavy atom. The average Bonchev–Trinajstić information content (AvgIpc) is 3.09. The minimum Gasteiger partial charge on any atom is -0.454 e. The molecule has 0 aromatic heterocycles. The molecule has 2 aromatic rings. The van der Waals surface area contributed by atoms with Gasteiger partial charge < -0.3 is 14.4 Å². The molecule has 0 atom stereocenters. The first-order valence-electron chi connectivity index (χ1n) is 8.35. The van der Waals surface area contributed by atoms with E-state index in [2.05, 4.69) is 26.9 Å². The fourth-order valence-corrected chi connectivity index (χ4v) is 3.61. The first-order valence-corrected chi connectivity index (χ1v) is 9.14. The highest BCUT2D eigenvalue weighted by atomic mass is 79.9. The van der Waals surface area contributed by atoms with Gasteiger partial charge in [-0.25, -0.2) is 0 Å². The van der Waals surface area contributed by atoms with E-state index in [9.17, 15) is 4.79 Å². The lowest BCUT2D eigenvalue weighted by molar-refractivity contribution is 0.0628. The second-order valence-electron chi connectivity index (χ2n) is 6.27. The summed E-state index contributed by atoms with van der Waals surface area (Å²) in [5, 5.41) is 0. The van der Waals surface area contributed by atoms with E-state index in [1.807, 2.05) is 41.3 Å². The van der Waals surface area contributed by atoms with E-state index < -0.39 is 0 Å². The van der Waals surface area contributed by atoms with Gasteiger partial charge in [0.25, 0.3) is 5.91 Å². The van der Waals surface area contributed by atoms with Gasteiger partial charge in [0, 0.05) is 42.8 Å². The Morgan fingerprint density at radius 2 is 1.80 bits per heavy atom. The van der Waals surface area contributed by atoms with Crippen LogP contribution in [0.5, 0.6) is 11.5 Å². The highest BCUT2D eigenvalue weighted by molar-refractivity contribution is 9.10. The highest BCUT2D eigenvalue weighted by Gasteiger charge is 2.23. The van der Waals surface area contributed by atoms with E-state index in [4.69, 9.17) is 9.47 Å². The predicted molar refractivity (Wildman–Crippen MR) is 97.9 cm³/mol. The zero-order valence-corrected chi connectivity index (χ0v) is 15.4. The summed E-state index contributed by atoms with van der Waals surface area (Å²) >= 11 is 3.42. The minimum atomic E-state index is 0.101. The summed E-state index contributed by atoms with van der Waals surface area (Å²) in [5.74, 6) is 1.73. The second kappa shape index (κ2) is 7.06. The van der Waals surface area contributed by atoms with Crippen molar-refractivity contribution in [1.82, 2.24) is 9.80 Å². The zero-order chi connectivity index (χ0) is 17.2. The van der Waals surface area contributed by atoms with Gasteiger partial charge in [-0.15, -0.1) is 0 Å². The van der Waals surface area contributed by atoms with E-state index in [0.717, 1.165) is 54.3 Å². The van der Waals surface area contributed by atoms with Gasteiger partial charge in [0.05, 0.1) is 0 Å². The van der Waals surface area contributed by atoms with E-state index >= 15 is 0 Å². The minimum absolute atomic E-state index is 0.101. The molecule has 25 heavy (non-hydrogen) atoms. The molecule has 0 bridgehead atoms. The maximum absolute atomic E-state index is 12.6. The SMILES string of the molecule is O=C(c1cccc(Br)c1)N1CCN(Cc2ccc3c(c2)OCO3)CC1. The smallest absolute Gasteiger partial charge is 0.253 e. The molecule has 0 aliphatic carbocycles. The van der Waals surface area contributed by atoms with Crippen molar-refractivity contribution in [2.45, 2.75) is 6.54 Å². The Balaban J connectivity index is 1.34. The molecule has 0 saturated carbocycles. The molecule has 2 heterocycles. The number of halogens is 1. The Hall–Kier alpha value is -2.05.